The first-order valence-corrected chi connectivity index (χ1v) is 4.83. The van der Waals surface area contributed by atoms with Crippen molar-refractivity contribution in [2.45, 2.75) is 13.3 Å². The van der Waals surface area contributed by atoms with Crippen LogP contribution in [0.5, 0.6) is 0 Å². The lowest BCUT2D eigenvalue weighted by molar-refractivity contribution is 0.542. The highest BCUT2D eigenvalue weighted by atomic mass is 16.3. The summed E-state index contributed by atoms with van der Waals surface area (Å²) in [5.74, 6) is 0.898. The van der Waals surface area contributed by atoms with E-state index >= 15 is 0 Å². The topological polar surface area (TPSA) is 42.6 Å². The number of fused-ring (bicyclic) bond motifs is 1. The maximum absolute atomic E-state index is 9.93. The van der Waals surface area contributed by atoms with Gasteiger partial charge >= 0.3 is 0 Å². The molecule has 0 atom stereocenters. The van der Waals surface area contributed by atoms with Gasteiger partial charge in [-0.05, 0) is 18.6 Å². The van der Waals surface area contributed by atoms with Gasteiger partial charge in [-0.1, -0.05) is 18.2 Å². The third-order valence-electron chi connectivity index (χ3n) is 2.46. The second-order valence-electron chi connectivity index (χ2n) is 3.37. The molecule has 1 aromatic heterocycles. The molecule has 2 aromatic rings. The van der Waals surface area contributed by atoms with Gasteiger partial charge < -0.3 is 4.42 Å². The van der Waals surface area contributed by atoms with E-state index < -0.39 is 0 Å². The zero-order valence-corrected chi connectivity index (χ0v) is 8.49. The number of hydrogen-bond donors (Lipinski definition) is 0. The Morgan fingerprint density at radius 2 is 2.20 bits per heavy atom. The SMILES string of the molecule is Cc1c(CCN=C=O)oc2ccccc12. The van der Waals surface area contributed by atoms with Crippen LogP contribution in [-0.4, -0.2) is 12.6 Å². The fourth-order valence-corrected chi connectivity index (χ4v) is 1.67. The van der Waals surface area contributed by atoms with Gasteiger partial charge in [0, 0.05) is 11.8 Å². The van der Waals surface area contributed by atoms with Crippen LogP contribution in [0.2, 0.25) is 0 Å². The van der Waals surface area contributed by atoms with Crippen molar-refractivity contribution >= 4 is 17.0 Å². The molecule has 0 amide bonds. The Balaban J connectivity index is 2.35. The van der Waals surface area contributed by atoms with Gasteiger partial charge in [0.1, 0.15) is 11.3 Å². The predicted octanol–water partition coefficient (Wildman–Crippen LogP) is 2.62. The fourth-order valence-electron chi connectivity index (χ4n) is 1.67. The van der Waals surface area contributed by atoms with Crippen LogP contribution in [0.3, 0.4) is 0 Å². The Labute approximate surface area is 87.4 Å². The van der Waals surface area contributed by atoms with E-state index in [0.717, 1.165) is 22.3 Å². The molecular weight excluding hydrogens is 190 g/mol. The second kappa shape index (κ2) is 4.11. The molecule has 0 saturated heterocycles. The molecule has 0 fully saturated rings. The number of benzene rings is 1. The zero-order valence-electron chi connectivity index (χ0n) is 8.49. The van der Waals surface area contributed by atoms with E-state index in [2.05, 4.69) is 4.99 Å². The molecule has 0 radical (unpaired) electrons. The Morgan fingerprint density at radius 1 is 1.40 bits per heavy atom. The van der Waals surface area contributed by atoms with Crippen LogP contribution in [0.4, 0.5) is 0 Å². The first-order chi connectivity index (χ1) is 7.33. The molecular formula is C12H11NO2. The van der Waals surface area contributed by atoms with E-state index in [1.807, 2.05) is 31.2 Å². The minimum Gasteiger partial charge on any atom is -0.461 e. The van der Waals surface area contributed by atoms with Crippen LogP contribution in [0.25, 0.3) is 11.0 Å². The van der Waals surface area contributed by atoms with E-state index in [-0.39, 0.29) is 0 Å². The van der Waals surface area contributed by atoms with Crippen molar-refractivity contribution in [2.75, 3.05) is 6.54 Å². The summed E-state index contributed by atoms with van der Waals surface area (Å²) < 4.78 is 5.66. The number of hydrogen-bond acceptors (Lipinski definition) is 3. The van der Waals surface area contributed by atoms with Crippen molar-refractivity contribution < 1.29 is 9.21 Å². The Hall–Kier alpha value is -1.86. The molecule has 3 heteroatoms. The highest BCUT2D eigenvalue weighted by Gasteiger charge is 2.08. The quantitative estimate of drug-likeness (QED) is 0.565. The molecule has 76 valence electrons. The molecule has 0 unspecified atom stereocenters. The number of carbonyl (C=O) groups excluding carboxylic acids is 1. The molecule has 0 aliphatic heterocycles. The summed E-state index contributed by atoms with van der Waals surface area (Å²) in [5, 5.41) is 1.13. The Morgan fingerprint density at radius 3 is 2.93 bits per heavy atom. The highest BCUT2D eigenvalue weighted by Crippen LogP contribution is 2.24. The van der Waals surface area contributed by atoms with E-state index in [1.54, 1.807) is 0 Å². The summed E-state index contributed by atoms with van der Waals surface area (Å²) >= 11 is 0. The van der Waals surface area contributed by atoms with Crippen molar-refractivity contribution in [3.05, 3.63) is 35.6 Å². The second-order valence-corrected chi connectivity index (χ2v) is 3.37. The van der Waals surface area contributed by atoms with Crippen molar-refractivity contribution in [3.8, 4) is 0 Å². The number of isocyanates is 1. The maximum atomic E-state index is 9.93. The molecule has 0 bridgehead atoms. The van der Waals surface area contributed by atoms with Crippen LogP contribution in [0.15, 0.2) is 33.7 Å². The molecule has 0 saturated carbocycles. The first-order valence-electron chi connectivity index (χ1n) is 4.83. The van der Waals surface area contributed by atoms with Gasteiger partial charge in [0.05, 0.1) is 6.54 Å². The lowest BCUT2D eigenvalue weighted by Crippen LogP contribution is -1.88. The number of furan rings is 1. The number of rotatable bonds is 3. The maximum Gasteiger partial charge on any atom is 0.234 e. The molecule has 0 aliphatic rings. The van der Waals surface area contributed by atoms with E-state index in [4.69, 9.17) is 4.42 Å². The molecule has 0 spiro atoms. The Kier molecular flexibility index (Phi) is 2.66. The molecule has 15 heavy (non-hydrogen) atoms. The van der Waals surface area contributed by atoms with Gasteiger partial charge in [0.25, 0.3) is 0 Å². The molecule has 1 aromatic carbocycles. The van der Waals surface area contributed by atoms with Crippen molar-refractivity contribution in [1.29, 1.82) is 0 Å². The van der Waals surface area contributed by atoms with Crippen LogP contribution in [-0.2, 0) is 11.2 Å². The monoisotopic (exact) mass is 201 g/mol. The summed E-state index contributed by atoms with van der Waals surface area (Å²) in [6.07, 6.45) is 2.17. The summed E-state index contributed by atoms with van der Waals surface area (Å²) in [6, 6.07) is 7.90. The number of nitrogens with zero attached hydrogens (tertiary/aromatic N) is 1. The van der Waals surface area contributed by atoms with Gasteiger partial charge in [0.15, 0.2) is 0 Å². The van der Waals surface area contributed by atoms with Crippen LogP contribution < -0.4 is 0 Å². The molecule has 0 aliphatic carbocycles. The number of para-hydroxylation sites is 1. The average Bonchev–Trinajstić information content (AvgIpc) is 2.57. The lowest BCUT2D eigenvalue weighted by atomic mass is 10.1. The smallest absolute Gasteiger partial charge is 0.234 e. The molecule has 0 N–H and O–H groups in total. The summed E-state index contributed by atoms with van der Waals surface area (Å²) in [4.78, 5) is 13.4. The van der Waals surface area contributed by atoms with Gasteiger partial charge in [-0.15, -0.1) is 0 Å². The first kappa shape index (κ1) is 9.69. The van der Waals surface area contributed by atoms with Crippen molar-refractivity contribution in [1.82, 2.24) is 0 Å². The van der Waals surface area contributed by atoms with Crippen LogP contribution in [0, 0.1) is 6.92 Å². The number of aryl methyl sites for hydroxylation is 1. The summed E-state index contributed by atoms with van der Waals surface area (Å²) in [5.41, 5.74) is 2.02. The standard InChI is InChI=1S/C12H11NO2/c1-9-10-4-2-3-5-12(10)15-11(9)6-7-13-8-14/h2-5H,6-7H2,1H3. The number of aliphatic imine (C=N–C) groups is 1. The van der Waals surface area contributed by atoms with Gasteiger partial charge in [-0.25, -0.2) is 9.79 Å². The largest absolute Gasteiger partial charge is 0.461 e. The minimum absolute atomic E-state index is 0.435. The third kappa shape index (κ3) is 1.83. The fraction of sp³-hybridized carbons (Fsp3) is 0.250. The zero-order chi connectivity index (χ0) is 10.7. The Bertz CT molecular complexity index is 521. The van der Waals surface area contributed by atoms with Gasteiger partial charge in [-0.2, -0.15) is 0 Å². The average molecular weight is 201 g/mol. The highest BCUT2D eigenvalue weighted by molar-refractivity contribution is 5.81. The van der Waals surface area contributed by atoms with Crippen molar-refractivity contribution in [3.63, 3.8) is 0 Å². The van der Waals surface area contributed by atoms with E-state index in [0.29, 0.717) is 13.0 Å². The van der Waals surface area contributed by atoms with Crippen LogP contribution in [0.1, 0.15) is 11.3 Å². The minimum atomic E-state index is 0.435. The van der Waals surface area contributed by atoms with E-state index in [9.17, 15) is 4.79 Å². The van der Waals surface area contributed by atoms with Crippen molar-refractivity contribution in [2.24, 2.45) is 4.99 Å². The molecule has 1 heterocycles. The molecule has 3 nitrogen and oxygen atoms in total. The summed E-state index contributed by atoms with van der Waals surface area (Å²) in [6.45, 7) is 2.45. The normalized spacial score (nSPS) is 10.2. The van der Waals surface area contributed by atoms with E-state index in [1.165, 1.54) is 6.08 Å². The van der Waals surface area contributed by atoms with Gasteiger partial charge in [-0.3, -0.25) is 0 Å². The van der Waals surface area contributed by atoms with Gasteiger partial charge in [0.2, 0.25) is 6.08 Å². The predicted molar refractivity (Wildman–Crippen MR) is 57.6 cm³/mol. The molecule has 2 rings (SSSR count). The van der Waals surface area contributed by atoms with Crippen LogP contribution >= 0.6 is 0 Å². The summed E-state index contributed by atoms with van der Waals surface area (Å²) in [7, 11) is 0. The third-order valence-corrected chi connectivity index (χ3v) is 2.46. The lowest BCUT2D eigenvalue weighted by Gasteiger charge is -1.92.